The summed E-state index contributed by atoms with van der Waals surface area (Å²) < 4.78 is 4.68. The van der Waals surface area contributed by atoms with Crippen molar-refractivity contribution in [2.75, 3.05) is 13.7 Å². The fourth-order valence-corrected chi connectivity index (χ4v) is 2.07. The zero-order valence-electron chi connectivity index (χ0n) is 9.80. The summed E-state index contributed by atoms with van der Waals surface area (Å²) in [5.41, 5.74) is 0.176. The lowest BCUT2D eigenvalue weighted by atomic mass is 10.2. The Labute approximate surface area is 109 Å². The lowest BCUT2D eigenvalue weighted by molar-refractivity contribution is -0.145. The van der Waals surface area contributed by atoms with Crippen LogP contribution in [0.25, 0.3) is 0 Å². The van der Waals surface area contributed by atoms with Gasteiger partial charge in [-0.15, -0.1) is 10.2 Å². The molecule has 1 aliphatic rings. The second-order valence-corrected chi connectivity index (χ2v) is 4.31. The number of carbonyl (C=O) groups excluding carboxylic acids is 2. The van der Waals surface area contributed by atoms with Crippen molar-refractivity contribution in [2.24, 2.45) is 0 Å². The van der Waals surface area contributed by atoms with Crippen LogP contribution in [0, 0.1) is 0 Å². The maximum absolute atomic E-state index is 12.2. The number of rotatable bonds is 2. The second kappa shape index (κ2) is 5.30. The molecule has 1 unspecified atom stereocenters. The standard InChI is InChI=1S/C11H12ClN3O3/c1-18-11(17)8-3-2-6-15(8)10(16)7-4-5-9(12)14-13-7/h4-5,8H,2-3,6H2,1H3. The Morgan fingerprint density at radius 2 is 2.22 bits per heavy atom. The molecule has 0 saturated carbocycles. The Balaban J connectivity index is 2.17. The van der Waals surface area contributed by atoms with E-state index in [1.165, 1.54) is 24.1 Å². The molecule has 7 heteroatoms. The van der Waals surface area contributed by atoms with Crippen LogP contribution < -0.4 is 0 Å². The van der Waals surface area contributed by atoms with E-state index in [2.05, 4.69) is 14.9 Å². The molecule has 1 saturated heterocycles. The van der Waals surface area contributed by atoms with Crippen molar-refractivity contribution in [3.63, 3.8) is 0 Å². The molecule has 0 aliphatic carbocycles. The minimum atomic E-state index is -0.528. The Bertz CT molecular complexity index is 463. The highest BCUT2D eigenvalue weighted by Crippen LogP contribution is 2.20. The smallest absolute Gasteiger partial charge is 0.328 e. The number of amides is 1. The number of aromatic nitrogens is 2. The monoisotopic (exact) mass is 269 g/mol. The number of methoxy groups -OCH3 is 1. The zero-order valence-corrected chi connectivity index (χ0v) is 10.6. The normalized spacial score (nSPS) is 18.8. The summed E-state index contributed by atoms with van der Waals surface area (Å²) in [6, 6.07) is 2.45. The minimum absolute atomic E-state index is 0.176. The number of halogens is 1. The van der Waals surface area contributed by atoms with Gasteiger partial charge in [0.1, 0.15) is 6.04 Å². The Morgan fingerprint density at radius 1 is 1.44 bits per heavy atom. The van der Waals surface area contributed by atoms with Crippen LogP contribution >= 0.6 is 11.6 Å². The van der Waals surface area contributed by atoms with Gasteiger partial charge in [0.25, 0.3) is 5.91 Å². The third-order valence-corrected chi connectivity index (χ3v) is 3.04. The van der Waals surface area contributed by atoms with E-state index in [1.54, 1.807) is 0 Å². The fraction of sp³-hybridized carbons (Fsp3) is 0.455. The maximum Gasteiger partial charge on any atom is 0.328 e. The van der Waals surface area contributed by atoms with Crippen molar-refractivity contribution in [3.8, 4) is 0 Å². The molecule has 1 aromatic heterocycles. The topological polar surface area (TPSA) is 72.4 Å². The average molecular weight is 270 g/mol. The number of hydrogen-bond acceptors (Lipinski definition) is 5. The Hall–Kier alpha value is -1.69. The molecule has 1 aromatic rings. The van der Waals surface area contributed by atoms with E-state index >= 15 is 0 Å². The van der Waals surface area contributed by atoms with E-state index in [1.807, 2.05) is 0 Å². The molecule has 0 bridgehead atoms. The summed E-state index contributed by atoms with van der Waals surface area (Å²) in [6.07, 6.45) is 1.38. The number of carbonyl (C=O) groups is 2. The summed E-state index contributed by atoms with van der Waals surface area (Å²) in [6.45, 7) is 0.517. The van der Waals surface area contributed by atoms with Crippen molar-refractivity contribution >= 4 is 23.5 Å². The maximum atomic E-state index is 12.2. The largest absolute Gasteiger partial charge is 0.467 e. The summed E-state index contributed by atoms with van der Waals surface area (Å²) in [4.78, 5) is 25.2. The second-order valence-electron chi connectivity index (χ2n) is 3.92. The van der Waals surface area contributed by atoms with E-state index in [9.17, 15) is 9.59 Å². The van der Waals surface area contributed by atoms with Gasteiger partial charge in [-0.05, 0) is 25.0 Å². The van der Waals surface area contributed by atoms with Crippen molar-refractivity contribution in [1.29, 1.82) is 0 Å². The van der Waals surface area contributed by atoms with Crippen LogP contribution in [0.4, 0.5) is 0 Å². The van der Waals surface area contributed by atoms with Gasteiger partial charge in [-0.1, -0.05) is 11.6 Å². The van der Waals surface area contributed by atoms with Gasteiger partial charge in [-0.3, -0.25) is 4.79 Å². The van der Waals surface area contributed by atoms with Crippen molar-refractivity contribution in [1.82, 2.24) is 15.1 Å². The summed E-state index contributed by atoms with van der Waals surface area (Å²) >= 11 is 5.60. The molecule has 0 spiro atoms. The first-order valence-electron chi connectivity index (χ1n) is 5.51. The van der Waals surface area contributed by atoms with E-state index in [0.717, 1.165) is 6.42 Å². The molecule has 96 valence electrons. The van der Waals surface area contributed by atoms with E-state index in [0.29, 0.717) is 13.0 Å². The predicted molar refractivity (Wildman–Crippen MR) is 63.1 cm³/mol. The highest BCUT2D eigenvalue weighted by atomic mass is 35.5. The van der Waals surface area contributed by atoms with Gasteiger partial charge in [0.05, 0.1) is 7.11 Å². The van der Waals surface area contributed by atoms with Gasteiger partial charge in [-0.25, -0.2) is 4.79 Å². The number of hydrogen-bond donors (Lipinski definition) is 0. The Kier molecular flexibility index (Phi) is 3.76. The van der Waals surface area contributed by atoms with Gasteiger partial charge >= 0.3 is 5.97 Å². The van der Waals surface area contributed by atoms with E-state index in [-0.39, 0.29) is 16.8 Å². The molecule has 1 fully saturated rings. The summed E-state index contributed by atoms with van der Waals surface area (Å²) in [5.74, 6) is -0.727. The minimum Gasteiger partial charge on any atom is -0.467 e. The first-order valence-corrected chi connectivity index (χ1v) is 5.89. The van der Waals surface area contributed by atoms with Gasteiger partial charge in [-0.2, -0.15) is 0 Å². The lowest BCUT2D eigenvalue weighted by Gasteiger charge is -2.21. The SMILES string of the molecule is COC(=O)C1CCCN1C(=O)c1ccc(Cl)nn1. The quantitative estimate of drug-likeness (QED) is 0.746. The van der Waals surface area contributed by atoms with Gasteiger partial charge < -0.3 is 9.64 Å². The number of nitrogens with zero attached hydrogens (tertiary/aromatic N) is 3. The lowest BCUT2D eigenvalue weighted by Crippen LogP contribution is -2.41. The molecule has 6 nitrogen and oxygen atoms in total. The van der Waals surface area contributed by atoms with Crippen LogP contribution in [0.5, 0.6) is 0 Å². The number of esters is 1. The highest BCUT2D eigenvalue weighted by Gasteiger charge is 2.35. The van der Waals surface area contributed by atoms with E-state index < -0.39 is 12.0 Å². The van der Waals surface area contributed by atoms with Crippen LogP contribution in [0.3, 0.4) is 0 Å². The van der Waals surface area contributed by atoms with Gasteiger partial charge in [0.15, 0.2) is 10.8 Å². The molecule has 2 rings (SSSR count). The van der Waals surface area contributed by atoms with Crippen LogP contribution in [0.15, 0.2) is 12.1 Å². The number of likely N-dealkylation sites (tertiary alicyclic amines) is 1. The Morgan fingerprint density at radius 3 is 2.83 bits per heavy atom. The first kappa shape index (κ1) is 12.8. The zero-order chi connectivity index (χ0) is 13.1. The molecule has 0 aromatic carbocycles. The summed E-state index contributed by atoms with van der Waals surface area (Å²) in [7, 11) is 1.31. The molecular weight excluding hydrogens is 258 g/mol. The molecule has 18 heavy (non-hydrogen) atoms. The van der Waals surface area contributed by atoms with Crippen LogP contribution in [0.2, 0.25) is 5.15 Å². The fourth-order valence-electron chi connectivity index (χ4n) is 1.97. The van der Waals surface area contributed by atoms with Crippen molar-refractivity contribution in [3.05, 3.63) is 23.0 Å². The number of ether oxygens (including phenoxy) is 1. The third kappa shape index (κ3) is 2.43. The predicted octanol–water partition coefficient (Wildman–Crippen LogP) is 0.908. The molecule has 1 amide bonds. The third-order valence-electron chi connectivity index (χ3n) is 2.84. The molecule has 1 atom stereocenters. The molecule has 0 radical (unpaired) electrons. The summed E-state index contributed by atoms with van der Waals surface area (Å²) in [5, 5.41) is 7.55. The first-order chi connectivity index (χ1) is 8.63. The van der Waals surface area contributed by atoms with Crippen molar-refractivity contribution in [2.45, 2.75) is 18.9 Å². The molecular formula is C11H12ClN3O3. The van der Waals surface area contributed by atoms with Crippen LogP contribution in [-0.2, 0) is 9.53 Å². The van der Waals surface area contributed by atoms with Gasteiger partial charge in [0, 0.05) is 6.54 Å². The van der Waals surface area contributed by atoms with Gasteiger partial charge in [0.2, 0.25) is 0 Å². The average Bonchev–Trinajstić information content (AvgIpc) is 2.87. The molecule has 0 N–H and O–H groups in total. The highest BCUT2D eigenvalue weighted by molar-refractivity contribution is 6.29. The van der Waals surface area contributed by atoms with Crippen LogP contribution in [-0.4, -0.2) is 46.7 Å². The molecule has 1 aliphatic heterocycles. The van der Waals surface area contributed by atoms with Crippen molar-refractivity contribution < 1.29 is 14.3 Å². The van der Waals surface area contributed by atoms with Crippen LogP contribution in [0.1, 0.15) is 23.3 Å². The van der Waals surface area contributed by atoms with E-state index in [4.69, 9.17) is 11.6 Å². The molecule has 2 heterocycles.